The van der Waals surface area contributed by atoms with Gasteiger partial charge in [-0.1, -0.05) is 30.3 Å². The van der Waals surface area contributed by atoms with Crippen LogP contribution in [0.2, 0.25) is 0 Å². The molecule has 0 aliphatic carbocycles. The molecule has 2 aliphatic heterocycles. The molecule has 1 atom stereocenters. The Hall–Kier alpha value is -3.55. The van der Waals surface area contributed by atoms with Gasteiger partial charge in [0.15, 0.2) is 11.5 Å². The molecule has 0 radical (unpaired) electrons. The molecule has 1 fully saturated rings. The van der Waals surface area contributed by atoms with Crippen LogP contribution in [0.25, 0.3) is 0 Å². The van der Waals surface area contributed by atoms with Gasteiger partial charge >= 0.3 is 6.03 Å². The first-order valence-electron chi connectivity index (χ1n) is 8.95. The van der Waals surface area contributed by atoms with Gasteiger partial charge in [-0.15, -0.1) is 0 Å². The number of hydrogen-bond donors (Lipinski definition) is 2. The first-order valence-corrected chi connectivity index (χ1v) is 8.95. The number of amides is 4. The fourth-order valence-corrected chi connectivity index (χ4v) is 3.16. The Morgan fingerprint density at radius 3 is 2.71 bits per heavy atom. The van der Waals surface area contributed by atoms with Gasteiger partial charge < -0.3 is 20.1 Å². The number of nitrogens with one attached hydrogen (secondary N) is 2. The highest BCUT2D eigenvalue weighted by atomic mass is 16.7. The second kappa shape index (κ2) is 7.59. The zero-order valence-corrected chi connectivity index (χ0v) is 15.0. The van der Waals surface area contributed by atoms with Crippen molar-refractivity contribution < 1.29 is 23.9 Å². The number of benzene rings is 2. The van der Waals surface area contributed by atoms with E-state index in [4.69, 9.17) is 9.47 Å². The zero-order chi connectivity index (χ0) is 19.5. The SMILES string of the molecule is O=C(CCC1NC(=O)N(Cc2ccccc2)C1=O)Nc1ccc2c(c1)OCO2. The van der Waals surface area contributed by atoms with Crippen LogP contribution in [0.1, 0.15) is 18.4 Å². The maximum atomic E-state index is 12.5. The van der Waals surface area contributed by atoms with Crippen LogP contribution < -0.4 is 20.1 Å². The summed E-state index contributed by atoms with van der Waals surface area (Å²) in [4.78, 5) is 38.0. The summed E-state index contributed by atoms with van der Waals surface area (Å²) in [6.07, 6.45) is 0.330. The third-order valence-electron chi connectivity index (χ3n) is 4.61. The number of rotatable bonds is 6. The van der Waals surface area contributed by atoms with Crippen LogP contribution in [0.15, 0.2) is 48.5 Å². The van der Waals surface area contributed by atoms with Gasteiger partial charge in [-0.2, -0.15) is 0 Å². The molecule has 28 heavy (non-hydrogen) atoms. The monoisotopic (exact) mass is 381 g/mol. The van der Waals surface area contributed by atoms with E-state index < -0.39 is 12.1 Å². The van der Waals surface area contributed by atoms with Crippen molar-refractivity contribution in [2.45, 2.75) is 25.4 Å². The zero-order valence-electron chi connectivity index (χ0n) is 15.0. The lowest BCUT2D eigenvalue weighted by Gasteiger charge is -2.13. The van der Waals surface area contributed by atoms with E-state index in [1.54, 1.807) is 18.2 Å². The molecule has 8 heteroatoms. The summed E-state index contributed by atoms with van der Waals surface area (Å²) < 4.78 is 10.5. The van der Waals surface area contributed by atoms with E-state index in [9.17, 15) is 14.4 Å². The summed E-state index contributed by atoms with van der Waals surface area (Å²) in [5, 5.41) is 5.41. The Labute approximate surface area is 161 Å². The predicted octanol–water partition coefficient (Wildman–Crippen LogP) is 2.25. The number of anilines is 1. The minimum Gasteiger partial charge on any atom is -0.454 e. The number of urea groups is 1. The first-order chi connectivity index (χ1) is 13.6. The number of carbonyl (C=O) groups excluding carboxylic acids is 3. The molecular formula is C20H19N3O5. The fourth-order valence-electron chi connectivity index (χ4n) is 3.16. The van der Waals surface area contributed by atoms with Crippen molar-refractivity contribution in [3.63, 3.8) is 0 Å². The Morgan fingerprint density at radius 2 is 1.89 bits per heavy atom. The Kier molecular flexibility index (Phi) is 4.84. The highest BCUT2D eigenvalue weighted by molar-refractivity contribution is 6.04. The van der Waals surface area contributed by atoms with Crippen LogP contribution in [0.5, 0.6) is 11.5 Å². The van der Waals surface area contributed by atoms with Crippen molar-refractivity contribution in [3.8, 4) is 11.5 Å². The van der Waals surface area contributed by atoms with Gasteiger partial charge in [-0.3, -0.25) is 14.5 Å². The van der Waals surface area contributed by atoms with E-state index >= 15 is 0 Å². The van der Waals surface area contributed by atoms with Crippen molar-refractivity contribution in [1.29, 1.82) is 0 Å². The molecule has 0 saturated carbocycles. The van der Waals surface area contributed by atoms with Crippen molar-refractivity contribution in [1.82, 2.24) is 10.2 Å². The minimum absolute atomic E-state index is 0.101. The molecule has 1 saturated heterocycles. The van der Waals surface area contributed by atoms with Gasteiger partial charge in [0.1, 0.15) is 6.04 Å². The Morgan fingerprint density at radius 1 is 1.11 bits per heavy atom. The highest BCUT2D eigenvalue weighted by Crippen LogP contribution is 2.34. The van der Waals surface area contributed by atoms with E-state index in [2.05, 4.69) is 10.6 Å². The minimum atomic E-state index is -0.696. The largest absolute Gasteiger partial charge is 0.454 e. The Bertz CT molecular complexity index is 915. The number of carbonyl (C=O) groups is 3. The van der Waals surface area contributed by atoms with Crippen molar-refractivity contribution in [2.75, 3.05) is 12.1 Å². The van der Waals surface area contributed by atoms with E-state index in [0.29, 0.717) is 17.2 Å². The van der Waals surface area contributed by atoms with Crippen molar-refractivity contribution in [3.05, 3.63) is 54.1 Å². The van der Waals surface area contributed by atoms with Gasteiger partial charge in [0.05, 0.1) is 6.54 Å². The third-order valence-corrected chi connectivity index (χ3v) is 4.61. The second-order valence-electron chi connectivity index (χ2n) is 6.57. The molecule has 144 valence electrons. The van der Waals surface area contributed by atoms with Crippen LogP contribution in [-0.4, -0.2) is 35.6 Å². The molecule has 1 unspecified atom stereocenters. The van der Waals surface area contributed by atoms with E-state index in [-0.39, 0.29) is 38.0 Å². The topological polar surface area (TPSA) is 97.0 Å². The molecule has 0 bridgehead atoms. The molecule has 2 aromatic carbocycles. The standard InChI is InChI=1S/C20H19N3O5/c24-18(21-14-6-8-16-17(10-14)28-12-27-16)9-7-15-19(25)23(20(26)22-15)11-13-4-2-1-3-5-13/h1-6,8,10,15H,7,9,11-12H2,(H,21,24)(H,22,26). The molecule has 0 aromatic heterocycles. The molecular weight excluding hydrogens is 362 g/mol. The van der Waals surface area contributed by atoms with Gasteiger partial charge in [0, 0.05) is 18.2 Å². The summed E-state index contributed by atoms with van der Waals surface area (Å²) >= 11 is 0. The Balaban J connectivity index is 1.30. The van der Waals surface area contributed by atoms with Gasteiger partial charge in [0.25, 0.3) is 5.91 Å². The van der Waals surface area contributed by atoms with Crippen molar-refractivity contribution >= 4 is 23.5 Å². The lowest BCUT2D eigenvalue weighted by Crippen LogP contribution is -2.31. The van der Waals surface area contributed by atoms with Crippen LogP contribution in [0, 0.1) is 0 Å². The summed E-state index contributed by atoms with van der Waals surface area (Å²) in [6.45, 7) is 0.376. The van der Waals surface area contributed by atoms with E-state index in [0.717, 1.165) is 5.56 Å². The van der Waals surface area contributed by atoms with Crippen LogP contribution in [0.3, 0.4) is 0 Å². The molecule has 4 rings (SSSR count). The van der Waals surface area contributed by atoms with Gasteiger partial charge in [-0.05, 0) is 24.1 Å². The second-order valence-corrected chi connectivity index (χ2v) is 6.57. The predicted molar refractivity (Wildman–Crippen MR) is 99.7 cm³/mol. The molecule has 2 aromatic rings. The normalized spacial score (nSPS) is 17.6. The van der Waals surface area contributed by atoms with Gasteiger partial charge in [0.2, 0.25) is 12.7 Å². The van der Waals surface area contributed by atoms with E-state index in [1.807, 2.05) is 30.3 Å². The highest BCUT2D eigenvalue weighted by Gasteiger charge is 2.37. The lowest BCUT2D eigenvalue weighted by atomic mass is 10.1. The molecule has 0 spiro atoms. The molecule has 2 aliphatic rings. The number of hydrogen-bond acceptors (Lipinski definition) is 5. The fraction of sp³-hybridized carbons (Fsp3) is 0.250. The van der Waals surface area contributed by atoms with Crippen molar-refractivity contribution in [2.24, 2.45) is 0 Å². The molecule has 2 heterocycles. The van der Waals surface area contributed by atoms with Gasteiger partial charge in [-0.25, -0.2) is 4.79 Å². The van der Waals surface area contributed by atoms with E-state index in [1.165, 1.54) is 4.90 Å². The lowest BCUT2D eigenvalue weighted by molar-refractivity contribution is -0.128. The van der Waals surface area contributed by atoms with Crippen LogP contribution in [0.4, 0.5) is 10.5 Å². The van der Waals surface area contributed by atoms with Crippen LogP contribution >= 0.6 is 0 Å². The average Bonchev–Trinajstić information content (AvgIpc) is 3.26. The van der Waals surface area contributed by atoms with Crippen LogP contribution in [-0.2, 0) is 16.1 Å². The molecule has 4 amide bonds. The quantitative estimate of drug-likeness (QED) is 0.748. The number of imide groups is 1. The summed E-state index contributed by atoms with van der Waals surface area (Å²) in [5.74, 6) is 0.649. The smallest absolute Gasteiger partial charge is 0.325 e. The number of ether oxygens (including phenoxy) is 2. The molecule has 2 N–H and O–H groups in total. The summed E-state index contributed by atoms with van der Waals surface area (Å²) in [7, 11) is 0. The molecule has 8 nitrogen and oxygen atoms in total. The maximum Gasteiger partial charge on any atom is 0.325 e. The number of nitrogens with zero attached hydrogens (tertiary/aromatic N) is 1. The average molecular weight is 381 g/mol. The number of fused-ring (bicyclic) bond motifs is 1. The third kappa shape index (κ3) is 3.75. The maximum absolute atomic E-state index is 12.5. The summed E-state index contributed by atoms with van der Waals surface area (Å²) in [5.41, 5.74) is 1.45. The first kappa shape index (κ1) is 17.8. The summed E-state index contributed by atoms with van der Waals surface area (Å²) in [6, 6.07) is 13.3.